The first-order valence-electron chi connectivity index (χ1n) is 7.91. The molecule has 0 radical (unpaired) electrons. The summed E-state index contributed by atoms with van der Waals surface area (Å²) in [5.74, 6) is 2.43. The highest BCUT2D eigenvalue weighted by molar-refractivity contribution is 5.47. The van der Waals surface area contributed by atoms with Gasteiger partial charge in [-0.15, -0.1) is 0 Å². The third-order valence-electron chi connectivity index (χ3n) is 4.02. The summed E-state index contributed by atoms with van der Waals surface area (Å²) in [6.07, 6.45) is 8.10. The molecule has 0 spiro atoms. The fraction of sp³-hybridized carbons (Fsp3) is 0.235. The third kappa shape index (κ3) is 3.15. The summed E-state index contributed by atoms with van der Waals surface area (Å²) in [5, 5.41) is 3.14. The highest BCUT2D eigenvalue weighted by Crippen LogP contribution is 2.28. The monoisotopic (exact) mass is 319 g/mol. The van der Waals surface area contributed by atoms with Crippen LogP contribution >= 0.6 is 0 Å². The van der Waals surface area contributed by atoms with Gasteiger partial charge in [-0.25, -0.2) is 24.9 Å². The Balaban J connectivity index is 1.48. The van der Waals surface area contributed by atoms with Crippen molar-refractivity contribution in [2.45, 2.75) is 12.3 Å². The van der Waals surface area contributed by atoms with Crippen LogP contribution in [-0.4, -0.2) is 38.0 Å². The molecule has 1 aliphatic heterocycles. The lowest BCUT2D eigenvalue weighted by atomic mass is 10.1. The van der Waals surface area contributed by atoms with Crippen LogP contribution in [0.15, 0.2) is 55.1 Å². The van der Waals surface area contributed by atoms with Crippen molar-refractivity contribution < 1.29 is 0 Å². The first-order chi connectivity index (χ1) is 11.9. The lowest BCUT2D eigenvalue weighted by molar-refractivity contribution is 0.739. The summed E-state index contributed by atoms with van der Waals surface area (Å²) in [5.41, 5.74) is 1.03. The van der Waals surface area contributed by atoms with Crippen LogP contribution in [-0.2, 0) is 0 Å². The molecule has 1 fully saturated rings. The van der Waals surface area contributed by atoms with Gasteiger partial charge in [0.05, 0.1) is 5.69 Å². The molecular formula is C17H17N7. The molecule has 0 aromatic carbocycles. The van der Waals surface area contributed by atoms with E-state index >= 15 is 0 Å². The molecule has 1 aliphatic rings. The van der Waals surface area contributed by atoms with E-state index < -0.39 is 0 Å². The summed E-state index contributed by atoms with van der Waals surface area (Å²) >= 11 is 0. The van der Waals surface area contributed by atoms with Gasteiger partial charge in [-0.2, -0.15) is 0 Å². The molecule has 7 heteroatoms. The summed E-state index contributed by atoms with van der Waals surface area (Å²) in [4.78, 5) is 24.0. The lowest BCUT2D eigenvalue weighted by Gasteiger charge is -2.15. The Bertz CT molecular complexity index is 794. The Hall–Kier alpha value is -3.09. The number of rotatable bonds is 4. The predicted molar refractivity (Wildman–Crippen MR) is 91.2 cm³/mol. The Morgan fingerprint density at radius 3 is 2.62 bits per heavy atom. The molecule has 1 atom stereocenters. The van der Waals surface area contributed by atoms with E-state index in [9.17, 15) is 0 Å². The second kappa shape index (κ2) is 6.57. The van der Waals surface area contributed by atoms with E-state index in [1.54, 1.807) is 24.8 Å². The van der Waals surface area contributed by atoms with Crippen molar-refractivity contribution in [2.75, 3.05) is 23.3 Å². The van der Waals surface area contributed by atoms with Gasteiger partial charge in [-0.3, -0.25) is 0 Å². The topological polar surface area (TPSA) is 79.7 Å². The number of pyridine rings is 1. The van der Waals surface area contributed by atoms with Crippen molar-refractivity contribution in [3.8, 4) is 0 Å². The Morgan fingerprint density at radius 2 is 1.79 bits per heavy atom. The van der Waals surface area contributed by atoms with Gasteiger partial charge < -0.3 is 10.2 Å². The molecule has 3 aromatic heterocycles. The van der Waals surface area contributed by atoms with Gasteiger partial charge in [0.15, 0.2) is 0 Å². The molecule has 1 unspecified atom stereocenters. The normalized spacial score (nSPS) is 17.0. The summed E-state index contributed by atoms with van der Waals surface area (Å²) in [6.45, 7) is 1.80. The second-order valence-electron chi connectivity index (χ2n) is 5.63. The number of nitrogens with zero attached hydrogens (tertiary/aromatic N) is 6. The van der Waals surface area contributed by atoms with Crippen LogP contribution in [0.5, 0.6) is 0 Å². The molecule has 0 bridgehead atoms. The van der Waals surface area contributed by atoms with Gasteiger partial charge in [0.25, 0.3) is 0 Å². The first kappa shape index (κ1) is 14.5. The average molecular weight is 319 g/mol. The fourth-order valence-corrected chi connectivity index (χ4v) is 2.85. The van der Waals surface area contributed by atoms with Crippen molar-refractivity contribution in [3.63, 3.8) is 0 Å². The average Bonchev–Trinajstić information content (AvgIpc) is 3.14. The molecule has 4 heterocycles. The van der Waals surface area contributed by atoms with Crippen LogP contribution in [0.4, 0.5) is 17.7 Å². The Kier molecular flexibility index (Phi) is 3.97. The predicted octanol–water partition coefficient (Wildman–Crippen LogP) is 2.40. The first-order valence-corrected chi connectivity index (χ1v) is 7.91. The minimum atomic E-state index is 0.348. The molecule has 24 heavy (non-hydrogen) atoms. The Labute approximate surface area is 139 Å². The molecule has 120 valence electrons. The molecule has 0 saturated carbocycles. The minimum absolute atomic E-state index is 0.348. The van der Waals surface area contributed by atoms with E-state index in [4.69, 9.17) is 0 Å². The third-order valence-corrected chi connectivity index (χ3v) is 4.02. The van der Waals surface area contributed by atoms with Crippen molar-refractivity contribution in [3.05, 3.63) is 60.8 Å². The van der Waals surface area contributed by atoms with Crippen LogP contribution < -0.4 is 10.2 Å². The molecule has 0 amide bonds. The zero-order chi connectivity index (χ0) is 16.2. The van der Waals surface area contributed by atoms with E-state index in [-0.39, 0.29) is 0 Å². The summed E-state index contributed by atoms with van der Waals surface area (Å²) in [6, 6.07) is 9.50. The van der Waals surface area contributed by atoms with E-state index in [0.717, 1.165) is 37.0 Å². The number of anilines is 3. The maximum atomic E-state index is 4.65. The van der Waals surface area contributed by atoms with Crippen molar-refractivity contribution in [1.82, 2.24) is 24.9 Å². The van der Waals surface area contributed by atoms with E-state index in [1.165, 1.54) is 0 Å². The van der Waals surface area contributed by atoms with Crippen molar-refractivity contribution in [2.24, 2.45) is 0 Å². The van der Waals surface area contributed by atoms with E-state index in [1.807, 2.05) is 30.3 Å². The van der Waals surface area contributed by atoms with Crippen molar-refractivity contribution in [1.29, 1.82) is 0 Å². The van der Waals surface area contributed by atoms with Crippen LogP contribution in [0.25, 0.3) is 0 Å². The second-order valence-corrected chi connectivity index (χ2v) is 5.63. The minimum Gasteiger partial charge on any atom is -0.340 e. The van der Waals surface area contributed by atoms with Gasteiger partial charge in [-0.1, -0.05) is 6.07 Å². The van der Waals surface area contributed by atoms with Crippen LogP contribution in [0.3, 0.4) is 0 Å². The maximum Gasteiger partial charge on any atom is 0.228 e. The van der Waals surface area contributed by atoms with Crippen LogP contribution in [0, 0.1) is 0 Å². The van der Waals surface area contributed by atoms with Crippen LogP contribution in [0.1, 0.15) is 18.0 Å². The molecule has 3 aromatic rings. The molecular weight excluding hydrogens is 302 g/mol. The largest absolute Gasteiger partial charge is 0.340 e. The molecule has 1 N–H and O–H groups in total. The maximum absolute atomic E-state index is 4.65. The molecule has 4 rings (SSSR count). The number of aromatic nitrogens is 5. The molecule has 0 aliphatic carbocycles. The molecule has 1 saturated heterocycles. The Morgan fingerprint density at radius 1 is 0.917 bits per heavy atom. The van der Waals surface area contributed by atoms with Gasteiger partial charge in [0.2, 0.25) is 11.9 Å². The van der Waals surface area contributed by atoms with E-state index in [2.05, 4.69) is 35.1 Å². The van der Waals surface area contributed by atoms with Crippen molar-refractivity contribution >= 4 is 17.7 Å². The lowest BCUT2D eigenvalue weighted by Crippen LogP contribution is -2.21. The zero-order valence-corrected chi connectivity index (χ0v) is 13.1. The van der Waals surface area contributed by atoms with Gasteiger partial charge >= 0.3 is 0 Å². The summed E-state index contributed by atoms with van der Waals surface area (Å²) in [7, 11) is 0. The quantitative estimate of drug-likeness (QED) is 0.791. The highest BCUT2D eigenvalue weighted by Gasteiger charge is 2.26. The fourth-order valence-electron chi connectivity index (χ4n) is 2.85. The SMILES string of the molecule is c1ccc(Nc2nccc(C3CCN(c4ncccn4)C3)n2)nc1. The summed E-state index contributed by atoms with van der Waals surface area (Å²) < 4.78 is 0. The van der Waals surface area contributed by atoms with E-state index in [0.29, 0.717) is 11.9 Å². The number of hydrogen-bond acceptors (Lipinski definition) is 7. The van der Waals surface area contributed by atoms with Crippen LogP contribution in [0.2, 0.25) is 0 Å². The number of hydrogen-bond donors (Lipinski definition) is 1. The van der Waals surface area contributed by atoms with Gasteiger partial charge in [0, 0.05) is 43.8 Å². The van der Waals surface area contributed by atoms with Gasteiger partial charge in [-0.05, 0) is 30.7 Å². The highest BCUT2D eigenvalue weighted by atomic mass is 15.3. The van der Waals surface area contributed by atoms with Gasteiger partial charge in [0.1, 0.15) is 5.82 Å². The zero-order valence-electron chi connectivity index (χ0n) is 13.1. The number of nitrogens with one attached hydrogen (secondary N) is 1. The smallest absolute Gasteiger partial charge is 0.228 e. The molecule has 7 nitrogen and oxygen atoms in total. The standard InChI is InChI=1S/C17H17N7/c1-2-7-18-15(4-1)23-16-19-10-5-14(22-16)13-6-11-24(12-13)17-20-8-3-9-21-17/h1-5,7-10,13H,6,11-12H2,(H,18,19,22,23).